The summed E-state index contributed by atoms with van der Waals surface area (Å²) >= 11 is 0. The van der Waals surface area contributed by atoms with Crippen molar-refractivity contribution in [3.05, 3.63) is 0 Å². The summed E-state index contributed by atoms with van der Waals surface area (Å²) in [6.45, 7) is 24.7. The van der Waals surface area contributed by atoms with Crippen molar-refractivity contribution in [3.8, 4) is 0 Å². The molecule has 0 saturated heterocycles. The Morgan fingerprint density at radius 3 is 1.11 bits per heavy atom. The number of ether oxygens (including phenoxy) is 1. The largest absolute Gasteiger partial charge is 0.455 e. The third-order valence-electron chi connectivity index (χ3n) is 9.16. The molecule has 0 fully saturated rings. The van der Waals surface area contributed by atoms with Crippen LogP contribution in [0.15, 0.2) is 0 Å². The van der Waals surface area contributed by atoms with E-state index in [0.29, 0.717) is 12.8 Å². The predicted molar refractivity (Wildman–Crippen MR) is 193 cm³/mol. The molecule has 0 aromatic rings. The Hall–Kier alpha value is -0.232. The van der Waals surface area contributed by atoms with E-state index in [1.807, 2.05) is 40.0 Å². The molecule has 6 unspecified atom stereocenters. The predicted octanol–water partition coefficient (Wildman–Crippen LogP) is 7.07. The van der Waals surface area contributed by atoms with Gasteiger partial charge < -0.3 is 33.4 Å². The maximum Gasteiger partial charge on any atom is 0.345 e. The number of carbonyl (C=O) groups is 2. The van der Waals surface area contributed by atoms with E-state index in [9.17, 15) is 30.0 Å². The zero-order valence-electron chi connectivity index (χ0n) is 30.8. The SMILES string of the molecule is CCCCCC[Si](C)(C)O[Si](C)(C)C(CC)C(O)C(O)C(=O)OC(=O)C(O)C(O)C(CC)[Si](C)(C)O[Si](C)(C)CCCCCC. The number of unbranched alkanes of at least 4 members (excludes halogenated alkanes) is 6. The van der Waals surface area contributed by atoms with E-state index in [-0.39, 0.29) is 0 Å². The molecule has 0 amide bonds. The summed E-state index contributed by atoms with van der Waals surface area (Å²) in [4.78, 5) is 25.7. The number of carbonyl (C=O) groups excluding carboxylic acids is 2. The first kappa shape index (κ1) is 44.8. The maximum absolute atomic E-state index is 12.9. The number of esters is 2. The molecule has 0 aliphatic rings. The molecule has 0 spiro atoms. The lowest BCUT2D eigenvalue weighted by Gasteiger charge is -2.41. The summed E-state index contributed by atoms with van der Waals surface area (Å²) in [5.41, 5.74) is -0.980. The van der Waals surface area contributed by atoms with E-state index < -0.39 is 80.7 Å². The number of hydrogen-bond acceptors (Lipinski definition) is 9. The van der Waals surface area contributed by atoms with Gasteiger partial charge in [0.25, 0.3) is 0 Å². The Kier molecular flexibility index (Phi) is 20.2. The zero-order valence-corrected chi connectivity index (χ0v) is 34.8. The van der Waals surface area contributed by atoms with Crippen molar-refractivity contribution >= 4 is 45.2 Å². The van der Waals surface area contributed by atoms with Gasteiger partial charge in [-0.05, 0) is 64.5 Å². The van der Waals surface area contributed by atoms with Gasteiger partial charge in [0.05, 0.1) is 12.2 Å². The Labute approximate surface area is 279 Å². The standard InChI is InChI=1S/C32H70O9Si4/c1-13-17-19-21-23-42(5,6)40-44(9,10)25(15-3)27(33)29(35)31(37)39-32(38)30(36)28(34)26(16-4)45(11,12)41-43(7,8)24-22-20-18-14-2/h25-30,33-36H,13-24H2,1-12H3. The Morgan fingerprint density at radius 2 is 0.844 bits per heavy atom. The summed E-state index contributed by atoms with van der Waals surface area (Å²) in [6, 6.07) is 1.99. The van der Waals surface area contributed by atoms with Crippen LogP contribution in [0.4, 0.5) is 0 Å². The third-order valence-corrected chi connectivity index (χ3v) is 26.0. The molecule has 0 aliphatic carbocycles. The highest BCUT2D eigenvalue weighted by Crippen LogP contribution is 2.37. The molecule has 0 bridgehead atoms. The highest BCUT2D eigenvalue weighted by Gasteiger charge is 2.48. The highest BCUT2D eigenvalue weighted by molar-refractivity contribution is 6.86. The molecule has 0 aromatic heterocycles. The minimum absolute atomic E-state index is 0.469. The lowest BCUT2D eigenvalue weighted by atomic mass is 10.1. The van der Waals surface area contributed by atoms with Crippen LogP contribution in [0.2, 0.25) is 75.5 Å². The van der Waals surface area contributed by atoms with E-state index in [4.69, 9.17) is 13.0 Å². The van der Waals surface area contributed by atoms with E-state index in [1.54, 1.807) is 0 Å². The first-order valence-corrected chi connectivity index (χ1v) is 29.7. The number of rotatable bonds is 24. The van der Waals surface area contributed by atoms with Gasteiger partial charge in [-0.1, -0.05) is 91.9 Å². The van der Waals surface area contributed by atoms with Gasteiger partial charge in [-0.2, -0.15) is 0 Å². The second-order valence-corrected chi connectivity index (χ2v) is 32.8. The molecule has 0 aromatic carbocycles. The van der Waals surface area contributed by atoms with Crippen LogP contribution in [0.3, 0.4) is 0 Å². The molecular weight excluding hydrogens is 641 g/mol. The van der Waals surface area contributed by atoms with E-state index in [2.05, 4.69) is 40.0 Å². The van der Waals surface area contributed by atoms with Gasteiger partial charge in [0.2, 0.25) is 0 Å². The van der Waals surface area contributed by atoms with Crippen molar-refractivity contribution in [1.82, 2.24) is 0 Å². The average Bonchev–Trinajstić information content (AvgIpc) is 2.91. The first-order valence-electron chi connectivity index (χ1n) is 17.5. The van der Waals surface area contributed by atoms with E-state index >= 15 is 0 Å². The van der Waals surface area contributed by atoms with Crippen LogP contribution in [-0.2, 0) is 22.6 Å². The molecule has 0 radical (unpaired) electrons. The lowest BCUT2D eigenvalue weighted by molar-refractivity contribution is -0.178. The van der Waals surface area contributed by atoms with Crippen LogP contribution in [0.25, 0.3) is 0 Å². The molecule has 4 N–H and O–H groups in total. The number of hydrogen-bond donors (Lipinski definition) is 4. The topological polar surface area (TPSA) is 143 Å². The minimum Gasteiger partial charge on any atom is -0.455 e. The molecule has 0 saturated carbocycles. The van der Waals surface area contributed by atoms with Crippen LogP contribution in [0.1, 0.15) is 91.9 Å². The minimum atomic E-state index is -2.60. The quantitative estimate of drug-likeness (QED) is 0.0358. The van der Waals surface area contributed by atoms with Crippen molar-refractivity contribution in [3.63, 3.8) is 0 Å². The summed E-state index contributed by atoms with van der Waals surface area (Å²) in [5.74, 6) is -2.70. The van der Waals surface area contributed by atoms with Crippen molar-refractivity contribution in [2.24, 2.45) is 0 Å². The van der Waals surface area contributed by atoms with Crippen molar-refractivity contribution < 1.29 is 43.0 Å². The average molecular weight is 711 g/mol. The Morgan fingerprint density at radius 1 is 0.533 bits per heavy atom. The second-order valence-electron chi connectivity index (χ2n) is 15.2. The van der Waals surface area contributed by atoms with E-state index in [0.717, 1.165) is 50.6 Å². The van der Waals surface area contributed by atoms with Crippen LogP contribution in [-0.4, -0.2) is 90.1 Å². The third kappa shape index (κ3) is 15.7. The monoisotopic (exact) mass is 710 g/mol. The fourth-order valence-corrected chi connectivity index (χ4v) is 26.5. The van der Waals surface area contributed by atoms with Gasteiger partial charge in [0, 0.05) is 11.1 Å². The molecule has 6 atom stereocenters. The molecule has 9 nitrogen and oxygen atoms in total. The first-order chi connectivity index (χ1) is 20.6. The number of aliphatic hydroxyl groups is 4. The van der Waals surface area contributed by atoms with Gasteiger partial charge in [0.1, 0.15) is 0 Å². The van der Waals surface area contributed by atoms with Crippen LogP contribution in [0.5, 0.6) is 0 Å². The van der Waals surface area contributed by atoms with Gasteiger partial charge in [-0.3, -0.25) is 0 Å². The Balaban J connectivity index is 5.47. The summed E-state index contributed by atoms with van der Waals surface area (Å²) in [6.07, 6.45) is 3.11. The molecule has 0 aliphatic heterocycles. The molecule has 13 heteroatoms. The van der Waals surface area contributed by atoms with Crippen LogP contribution in [0, 0.1) is 0 Å². The summed E-state index contributed by atoms with van der Waals surface area (Å²) in [5, 5.41) is 43.8. The van der Waals surface area contributed by atoms with Crippen LogP contribution < -0.4 is 0 Å². The fourth-order valence-electron chi connectivity index (χ4n) is 6.86. The van der Waals surface area contributed by atoms with Gasteiger partial charge >= 0.3 is 11.9 Å². The maximum atomic E-state index is 12.9. The van der Waals surface area contributed by atoms with Crippen molar-refractivity contribution in [1.29, 1.82) is 0 Å². The van der Waals surface area contributed by atoms with Crippen molar-refractivity contribution in [2.45, 2.75) is 192 Å². The molecule has 45 heavy (non-hydrogen) atoms. The summed E-state index contributed by atoms with van der Waals surface area (Å²) < 4.78 is 18.3. The Bertz CT molecular complexity index is 802. The van der Waals surface area contributed by atoms with Gasteiger partial charge in [-0.15, -0.1) is 0 Å². The van der Waals surface area contributed by atoms with Crippen molar-refractivity contribution in [2.75, 3.05) is 0 Å². The van der Waals surface area contributed by atoms with Gasteiger partial charge in [-0.25, -0.2) is 9.59 Å². The molecule has 268 valence electrons. The zero-order chi connectivity index (χ0) is 35.2. The van der Waals surface area contributed by atoms with Gasteiger partial charge in [0.15, 0.2) is 45.5 Å². The van der Waals surface area contributed by atoms with E-state index in [1.165, 1.54) is 12.8 Å². The second kappa shape index (κ2) is 20.3. The number of aliphatic hydroxyl groups excluding tert-OH is 4. The summed E-state index contributed by atoms with van der Waals surface area (Å²) in [7, 11) is -9.30. The normalized spacial score (nSPS) is 17.3. The van der Waals surface area contributed by atoms with Crippen LogP contribution >= 0.6 is 0 Å². The lowest BCUT2D eigenvalue weighted by Crippen LogP contribution is -2.54. The molecule has 0 heterocycles. The molecular formula is C32H70O9Si4. The smallest absolute Gasteiger partial charge is 0.345 e. The highest BCUT2D eigenvalue weighted by atomic mass is 28.4. The fraction of sp³-hybridized carbons (Fsp3) is 0.938. The molecule has 0 rings (SSSR count).